The van der Waals surface area contributed by atoms with Crippen LogP contribution in [0.4, 0.5) is 8.78 Å². The van der Waals surface area contributed by atoms with Crippen LogP contribution in [0, 0.1) is 0 Å². The molecule has 5 nitrogen and oxygen atoms in total. The van der Waals surface area contributed by atoms with Crippen molar-refractivity contribution in [2.45, 2.75) is 36.8 Å². The summed E-state index contributed by atoms with van der Waals surface area (Å²) in [4.78, 5) is 10.6. The van der Waals surface area contributed by atoms with Crippen molar-refractivity contribution < 1.29 is 28.2 Å². The van der Waals surface area contributed by atoms with Gasteiger partial charge in [0.25, 0.3) is 5.91 Å². The summed E-state index contributed by atoms with van der Waals surface area (Å²) in [6.07, 6.45) is -0.215. The number of hydrogen-bond donors (Lipinski definition) is 2. The van der Waals surface area contributed by atoms with Crippen LogP contribution < -0.4 is 5.73 Å². The van der Waals surface area contributed by atoms with Crippen LogP contribution in [0.25, 0.3) is 0 Å². The number of rotatable bonds is 7. The Labute approximate surface area is 109 Å². The minimum atomic E-state index is -4.08. The lowest BCUT2D eigenvalue weighted by molar-refractivity contribution is -0.202. The average Bonchev–Trinajstić information content (AvgIpc) is 2.73. The maximum absolute atomic E-state index is 13.3. The summed E-state index contributed by atoms with van der Waals surface area (Å²) in [5.74, 6) is -7.16. The molecule has 108 valence electrons. The first-order chi connectivity index (χ1) is 8.79. The average molecular weight is 277 g/mol. The van der Waals surface area contributed by atoms with E-state index in [1.165, 1.54) is 12.2 Å². The Bertz CT molecular complexity index is 363. The van der Waals surface area contributed by atoms with E-state index in [2.05, 4.69) is 18.9 Å². The highest BCUT2D eigenvalue weighted by molar-refractivity contribution is 5.82. The predicted octanol–water partition coefficient (Wildman–Crippen LogP) is 0.732. The van der Waals surface area contributed by atoms with Gasteiger partial charge in [-0.05, 0) is 0 Å². The number of amides is 1. The van der Waals surface area contributed by atoms with E-state index in [4.69, 9.17) is 9.47 Å². The van der Waals surface area contributed by atoms with Crippen molar-refractivity contribution in [3.05, 3.63) is 25.3 Å². The molecule has 1 amide bonds. The van der Waals surface area contributed by atoms with Gasteiger partial charge in [0.1, 0.15) is 6.10 Å². The molecule has 0 aromatic rings. The van der Waals surface area contributed by atoms with Crippen molar-refractivity contribution in [3.8, 4) is 0 Å². The Balaban J connectivity index is 2.81. The molecule has 0 aromatic heterocycles. The van der Waals surface area contributed by atoms with Crippen LogP contribution in [0.5, 0.6) is 0 Å². The molecule has 1 rings (SSSR count). The Morgan fingerprint density at radius 1 is 1.53 bits per heavy atom. The van der Waals surface area contributed by atoms with Gasteiger partial charge in [-0.1, -0.05) is 12.2 Å². The van der Waals surface area contributed by atoms with Crippen LogP contribution in [-0.2, 0) is 14.3 Å². The fraction of sp³-hybridized carbons (Fsp3) is 0.583. The fourth-order valence-corrected chi connectivity index (χ4v) is 1.85. The molecule has 3 N–H and O–H groups in total. The number of aliphatic hydroxyl groups excluding tert-OH is 1. The van der Waals surface area contributed by atoms with Gasteiger partial charge in [-0.3, -0.25) is 4.79 Å². The predicted molar refractivity (Wildman–Crippen MR) is 63.3 cm³/mol. The Hall–Kier alpha value is -1.31. The molecule has 0 aliphatic carbocycles. The first kappa shape index (κ1) is 15.7. The lowest BCUT2D eigenvalue weighted by Gasteiger charge is -2.28. The van der Waals surface area contributed by atoms with Crippen molar-refractivity contribution in [1.29, 1.82) is 0 Å². The summed E-state index contributed by atoms with van der Waals surface area (Å²) in [6, 6.07) is 0. The quantitative estimate of drug-likeness (QED) is 0.672. The molecule has 19 heavy (non-hydrogen) atoms. The lowest BCUT2D eigenvalue weighted by Crippen LogP contribution is -2.52. The van der Waals surface area contributed by atoms with Gasteiger partial charge >= 0.3 is 5.92 Å². The van der Waals surface area contributed by atoms with Gasteiger partial charge < -0.3 is 20.3 Å². The minimum absolute atomic E-state index is 0.240. The molecule has 1 aliphatic heterocycles. The highest BCUT2D eigenvalue weighted by Gasteiger charge is 2.54. The number of alkyl halides is 2. The summed E-state index contributed by atoms with van der Waals surface area (Å²) in [6.45, 7) is 6.77. The number of hydrogen-bond acceptors (Lipinski definition) is 4. The second-order valence-corrected chi connectivity index (χ2v) is 4.30. The maximum atomic E-state index is 13.3. The van der Waals surface area contributed by atoms with Crippen LogP contribution >= 0.6 is 0 Å². The summed E-state index contributed by atoms with van der Waals surface area (Å²) in [5, 5.41) is 9.51. The van der Waals surface area contributed by atoms with Crippen molar-refractivity contribution in [2.75, 3.05) is 6.61 Å². The summed E-state index contributed by atoms with van der Waals surface area (Å²) >= 11 is 0. The number of ether oxygens (including phenoxy) is 2. The highest BCUT2D eigenvalue weighted by atomic mass is 19.3. The maximum Gasteiger partial charge on any atom is 0.352 e. The molecule has 0 spiro atoms. The van der Waals surface area contributed by atoms with Crippen LogP contribution in [0.1, 0.15) is 12.8 Å². The van der Waals surface area contributed by atoms with Crippen molar-refractivity contribution in [2.24, 2.45) is 5.73 Å². The van der Waals surface area contributed by atoms with E-state index in [9.17, 15) is 18.7 Å². The number of carbonyl (C=O) groups excluding carboxylic acids is 1. The highest BCUT2D eigenvalue weighted by Crippen LogP contribution is 2.35. The number of carbonyl (C=O) groups is 1. The van der Waals surface area contributed by atoms with E-state index in [1.54, 1.807) is 0 Å². The topological polar surface area (TPSA) is 81.8 Å². The number of primary amides is 1. The zero-order valence-corrected chi connectivity index (χ0v) is 10.4. The molecule has 1 saturated heterocycles. The van der Waals surface area contributed by atoms with E-state index in [0.717, 1.165) is 0 Å². The molecule has 0 bridgehead atoms. The Morgan fingerprint density at radius 2 is 2.05 bits per heavy atom. The third-order valence-corrected chi connectivity index (χ3v) is 2.84. The van der Waals surface area contributed by atoms with Gasteiger partial charge in [0, 0.05) is 12.8 Å². The van der Waals surface area contributed by atoms with Crippen LogP contribution in [-0.4, -0.2) is 41.5 Å². The molecule has 0 radical (unpaired) electrons. The molecule has 1 heterocycles. The lowest BCUT2D eigenvalue weighted by atomic mass is 10.1. The molecule has 0 aromatic carbocycles. The summed E-state index contributed by atoms with van der Waals surface area (Å²) in [5.41, 5.74) is 4.55. The molecular formula is C12H17F2NO4. The second kappa shape index (κ2) is 5.77. The van der Waals surface area contributed by atoms with Gasteiger partial charge in [-0.25, -0.2) is 0 Å². The van der Waals surface area contributed by atoms with Crippen molar-refractivity contribution >= 4 is 5.91 Å². The normalized spacial score (nSPS) is 23.8. The molecule has 1 fully saturated rings. The first-order valence-electron chi connectivity index (χ1n) is 5.68. The van der Waals surface area contributed by atoms with E-state index in [-0.39, 0.29) is 19.4 Å². The standard InChI is InChI=1S/C12H17F2NO4/c1-3-5-11(6-4-2)18-7-8(19-11)9(16)12(13,14)10(15)17/h3-4,8-9,16H,1-2,5-7H2,(H2,15,17). The second-order valence-electron chi connectivity index (χ2n) is 4.30. The van der Waals surface area contributed by atoms with Gasteiger partial charge in [0.2, 0.25) is 0 Å². The van der Waals surface area contributed by atoms with Crippen LogP contribution in [0.15, 0.2) is 25.3 Å². The minimum Gasteiger partial charge on any atom is -0.383 e. The van der Waals surface area contributed by atoms with Gasteiger partial charge in [0.15, 0.2) is 11.9 Å². The zero-order chi connectivity index (χ0) is 14.7. The van der Waals surface area contributed by atoms with E-state index in [0.29, 0.717) is 0 Å². The van der Waals surface area contributed by atoms with E-state index < -0.39 is 29.8 Å². The van der Waals surface area contributed by atoms with Gasteiger partial charge in [-0.15, -0.1) is 13.2 Å². The summed E-state index contributed by atoms with van der Waals surface area (Å²) < 4.78 is 37.3. The number of aliphatic hydroxyl groups is 1. The number of nitrogens with two attached hydrogens (primary N) is 1. The van der Waals surface area contributed by atoms with Gasteiger partial charge in [-0.2, -0.15) is 8.78 Å². The Morgan fingerprint density at radius 3 is 2.47 bits per heavy atom. The number of halogens is 2. The first-order valence-corrected chi connectivity index (χ1v) is 5.68. The third kappa shape index (κ3) is 3.17. The van der Waals surface area contributed by atoms with Crippen molar-refractivity contribution in [1.82, 2.24) is 0 Å². The molecule has 0 saturated carbocycles. The third-order valence-electron chi connectivity index (χ3n) is 2.84. The molecule has 2 unspecified atom stereocenters. The van der Waals surface area contributed by atoms with E-state index in [1.807, 2.05) is 0 Å². The Kier molecular flexibility index (Phi) is 4.78. The SMILES string of the molecule is C=CCC1(CC=C)OCC(C(O)C(F)(F)C(N)=O)O1. The molecule has 1 aliphatic rings. The molecule has 2 atom stereocenters. The zero-order valence-electron chi connectivity index (χ0n) is 10.4. The largest absolute Gasteiger partial charge is 0.383 e. The van der Waals surface area contributed by atoms with Gasteiger partial charge in [0.05, 0.1) is 6.61 Å². The van der Waals surface area contributed by atoms with Crippen LogP contribution in [0.3, 0.4) is 0 Å². The molecule has 7 heteroatoms. The summed E-state index contributed by atoms with van der Waals surface area (Å²) in [7, 11) is 0. The van der Waals surface area contributed by atoms with Crippen LogP contribution in [0.2, 0.25) is 0 Å². The fourth-order valence-electron chi connectivity index (χ4n) is 1.85. The monoisotopic (exact) mass is 277 g/mol. The van der Waals surface area contributed by atoms with Crippen molar-refractivity contribution in [3.63, 3.8) is 0 Å². The molecular weight excluding hydrogens is 260 g/mol. The smallest absolute Gasteiger partial charge is 0.352 e. The van der Waals surface area contributed by atoms with E-state index >= 15 is 0 Å².